The van der Waals surface area contributed by atoms with E-state index in [9.17, 15) is 15.0 Å². The Labute approximate surface area is 173 Å². The molecule has 0 radical (unpaired) electrons. The highest BCUT2D eigenvalue weighted by Gasteiger charge is 2.42. The molecule has 4 rings (SSSR count). The standard InChI is InChI=1S/C21H23ClN2O5/c22-15-1-2-18-14(9-15)10-21(29-18)4-7-24(8-5-21)12-16(25)13-28-19-11-23-6-3-17(19)20(26)27/h1-3,6,9,11,16,25H,4-5,7-8,10,12-13H2,(H,26,27). The molecule has 1 saturated heterocycles. The fourth-order valence-electron chi connectivity index (χ4n) is 4.03. The van der Waals surface area contributed by atoms with Crippen molar-refractivity contribution in [1.29, 1.82) is 0 Å². The van der Waals surface area contributed by atoms with Gasteiger partial charge in [0.05, 0.1) is 6.20 Å². The number of hydrogen-bond acceptors (Lipinski definition) is 6. The molecule has 3 heterocycles. The lowest BCUT2D eigenvalue weighted by molar-refractivity contribution is -0.00205. The van der Waals surface area contributed by atoms with Gasteiger partial charge >= 0.3 is 5.97 Å². The minimum Gasteiger partial charge on any atom is -0.488 e. The molecule has 154 valence electrons. The average Bonchev–Trinajstić information content (AvgIpc) is 3.05. The largest absolute Gasteiger partial charge is 0.488 e. The van der Waals surface area contributed by atoms with Crippen LogP contribution in [0.3, 0.4) is 0 Å². The minimum atomic E-state index is -1.09. The topological polar surface area (TPSA) is 92.1 Å². The molecular formula is C21H23ClN2O5. The van der Waals surface area contributed by atoms with Gasteiger partial charge in [0.15, 0.2) is 5.75 Å². The Bertz CT molecular complexity index is 898. The van der Waals surface area contributed by atoms with Gasteiger partial charge in [-0.25, -0.2) is 4.79 Å². The van der Waals surface area contributed by atoms with E-state index in [2.05, 4.69) is 9.88 Å². The predicted molar refractivity (Wildman–Crippen MR) is 107 cm³/mol. The predicted octanol–water partition coefficient (Wildman–Crippen LogP) is 2.64. The lowest BCUT2D eigenvalue weighted by Crippen LogP contribution is -2.49. The number of ether oxygens (including phenoxy) is 2. The number of halogens is 1. The number of pyridine rings is 1. The van der Waals surface area contributed by atoms with Crippen molar-refractivity contribution in [3.8, 4) is 11.5 Å². The Morgan fingerprint density at radius 2 is 2.14 bits per heavy atom. The lowest BCUT2D eigenvalue weighted by atomic mass is 9.87. The van der Waals surface area contributed by atoms with Crippen LogP contribution in [-0.2, 0) is 6.42 Å². The van der Waals surface area contributed by atoms with Gasteiger partial charge in [-0.3, -0.25) is 4.98 Å². The number of fused-ring (bicyclic) bond motifs is 1. The van der Waals surface area contributed by atoms with Crippen LogP contribution in [0.2, 0.25) is 5.02 Å². The summed E-state index contributed by atoms with van der Waals surface area (Å²) in [6.45, 7) is 2.09. The number of aliphatic hydroxyl groups is 1. The van der Waals surface area contributed by atoms with Gasteiger partial charge in [-0.1, -0.05) is 11.6 Å². The van der Waals surface area contributed by atoms with Crippen molar-refractivity contribution in [3.63, 3.8) is 0 Å². The van der Waals surface area contributed by atoms with Crippen molar-refractivity contribution in [1.82, 2.24) is 9.88 Å². The van der Waals surface area contributed by atoms with Crippen LogP contribution in [0.25, 0.3) is 0 Å². The zero-order chi connectivity index (χ0) is 20.4. The summed E-state index contributed by atoms with van der Waals surface area (Å²) < 4.78 is 11.7. The summed E-state index contributed by atoms with van der Waals surface area (Å²) in [5, 5.41) is 20.2. The number of carbonyl (C=O) groups is 1. The third kappa shape index (κ3) is 4.47. The van der Waals surface area contributed by atoms with Gasteiger partial charge in [0.25, 0.3) is 0 Å². The molecule has 1 fully saturated rings. The number of aromatic nitrogens is 1. The summed E-state index contributed by atoms with van der Waals surface area (Å²) in [4.78, 5) is 17.3. The number of rotatable bonds is 6. The van der Waals surface area contributed by atoms with Crippen LogP contribution in [0, 0.1) is 0 Å². The van der Waals surface area contributed by atoms with Crippen molar-refractivity contribution in [2.45, 2.75) is 31.0 Å². The van der Waals surface area contributed by atoms with E-state index in [0.717, 1.165) is 48.7 Å². The van der Waals surface area contributed by atoms with Gasteiger partial charge in [-0.15, -0.1) is 0 Å². The molecule has 8 heteroatoms. The summed E-state index contributed by atoms with van der Waals surface area (Å²) in [5.41, 5.74) is 1.01. The van der Waals surface area contributed by atoms with E-state index in [0.29, 0.717) is 6.54 Å². The Balaban J connectivity index is 1.27. The van der Waals surface area contributed by atoms with Crippen LogP contribution in [0.5, 0.6) is 11.5 Å². The average molecular weight is 419 g/mol. The molecule has 1 spiro atoms. The number of aromatic carboxylic acids is 1. The maximum Gasteiger partial charge on any atom is 0.339 e. The number of piperidine rings is 1. The van der Waals surface area contributed by atoms with E-state index in [1.165, 1.54) is 18.5 Å². The fourth-order valence-corrected chi connectivity index (χ4v) is 4.23. The molecule has 1 unspecified atom stereocenters. The first-order valence-electron chi connectivity index (χ1n) is 9.62. The molecule has 0 bridgehead atoms. The molecule has 2 aromatic rings. The summed E-state index contributed by atoms with van der Waals surface area (Å²) >= 11 is 6.09. The normalized spacial score (nSPS) is 18.8. The van der Waals surface area contributed by atoms with Crippen molar-refractivity contribution < 1.29 is 24.5 Å². The number of benzene rings is 1. The number of β-amino-alcohol motifs (C(OH)–C–C–N with tert-alkyl or cyclic N) is 1. The first-order valence-corrected chi connectivity index (χ1v) is 10.00. The molecule has 0 aliphatic carbocycles. The van der Waals surface area contributed by atoms with Crippen molar-refractivity contribution >= 4 is 17.6 Å². The van der Waals surface area contributed by atoms with E-state index in [4.69, 9.17) is 21.1 Å². The number of nitrogens with zero attached hydrogens (tertiary/aromatic N) is 2. The van der Waals surface area contributed by atoms with Crippen molar-refractivity contribution in [2.24, 2.45) is 0 Å². The summed E-state index contributed by atoms with van der Waals surface area (Å²) in [6.07, 6.45) is 4.63. The first kappa shape index (κ1) is 19.9. The highest BCUT2D eigenvalue weighted by atomic mass is 35.5. The van der Waals surface area contributed by atoms with E-state index in [1.807, 2.05) is 18.2 Å². The summed E-state index contributed by atoms with van der Waals surface area (Å²) in [5.74, 6) is -0.00789. The van der Waals surface area contributed by atoms with Gasteiger partial charge in [-0.05, 0) is 29.8 Å². The number of carboxylic acid groups (broad SMARTS) is 1. The third-order valence-electron chi connectivity index (χ3n) is 5.54. The van der Waals surface area contributed by atoms with E-state index in [1.54, 1.807) is 0 Å². The lowest BCUT2D eigenvalue weighted by Gasteiger charge is -2.39. The van der Waals surface area contributed by atoms with Crippen LogP contribution in [-0.4, -0.2) is 64.0 Å². The molecule has 1 atom stereocenters. The molecular weight excluding hydrogens is 396 g/mol. The van der Waals surface area contributed by atoms with Gasteiger partial charge in [0.1, 0.15) is 29.6 Å². The van der Waals surface area contributed by atoms with Crippen molar-refractivity contribution in [3.05, 3.63) is 52.8 Å². The van der Waals surface area contributed by atoms with Gasteiger partial charge < -0.3 is 24.6 Å². The maximum atomic E-state index is 11.2. The van der Waals surface area contributed by atoms with E-state index >= 15 is 0 Å². The highest BCUT2D eigenvalue weighted by molar-refractivity contribution is 6.30. The Kier molecular flexibility index (Phi) is 5.63. The van der Waals surface area contributed by atoms with Crippen molar-refractivity contribution in [2.75, 3.05) is 26.2 Å². The first-order chi connectivity index (χ1) is 13.9. The Morgan fingerprint density at radius 3 is 2.90 bits per heavy atom. The summed E-state index contributed by atoms with van der Waals surface area (Å²) in [6, 6.07) is 7.14. The van der Waals surface area contributed by atoms with Crippen LogP contribution in [0.15, 0.2) is 36.7 Å². The molecule has 0 saturated carbocycles. The molecule has 0 amide bonds. The van der Waals surface area contributed by atoms with Crippen LogP contribution in [0.4, 0.5) is 0 Å². The monoisotopic (exact) mass is 418 g/mol. The second-order valence-corrected chi connectivity index (χ2v) is 8.09. The zero-order valence-electron chi connectivity index (χ0n) is 15.9. The van der Waals surface area contributed by atoms with Crippen LogP contribution >= 0.6 is 11.6 Å². The van der Waals surface area contributed by atoms with Crippen LogP contribution in [0.1, 0.15) is 28.8 Å². The Hall–Kier alpha value is -2.35. The second kappa shape index (κ2) is 8.18. The fraction of sp³-hybridized carbons (Fsp3) is 0.429. The molecule has 1 aromatic carbocycles. The zero-order valence-corrected chi connectivity index (χ0v) is 16.6. The second-order valence-electron chi connectivity index (χ2n) is 7.66. The van der Waals surface area contributed by atoms with E-state index in [-0.39, 0.29) is 23.5 Å². The minimum absolute atomic E-state index is 0.00799. The maximum absolute atomic E-state index is 11.2. The van der Waals surface area contributed by atoms with Crippen LogP contribution < -0.4 is 9.47 Å². The smallest absolute Gasteiger partial charge is 0.339 e. The molecule has 7 nitrogen and oxygen atoms in total. The van der Waals surface area contributed by atoms with Gasteiger partial charge in [-0.2, -0.15) is 0 Å². The number of carboxylic acids is 1. The highest BCUT2D eigenvalue weighted by Crippen LogP contribution is 2.41. The molecule has 2 aliphatic heterocycles. The van der Waals surface area contributed by atoms with Gasteiger partial charge in [0, 0.05) is 50.1 Å². The molecule has 29 heavy (non-hydrogen) atoms. The third-order valence-corrected chi connectivity index (χ3v) is 5.78. The number of aliphatic hydroxyl groups excluding tert-OH is 1. The summed E-state index contributed by atoms with van der Waals surface area (Å²) in [7, 11) is 0. The number of likely N-dealkylation sites (tertiary alicyclic amines) is 1. The van der Waals surface area contributed by atoms with Gasteiger partial charge in [0.2, 0.25) is 0 Å². The Morgan fingerprint density at radius 1 is 1.34 bits per heavy atom. The van der Waals surface area contributed by atoms with E-state index < -0.39 is 12.1 Å². The number of hydrogen-bond donors (Lipinski definition) is 2. The SMILES string of the molecule is O=C(O)c1ccncc1OCC(O)CN1CCC2(CC1)Cc1cc(Cl)ccc1O2. The quantitative estimate of drug-likeness (QED) is 0.745. The molecule has 2 aliphatic rings. The molecule has 2 N–H and O–H groups in total. The molecule has 1 aromatic heterocycles.